The zero-order chi connectivity index (χ0) is 47.2. The van der Waals surface area contributed by atoms with Crippen LogP contribution in [0.15, 0.2) is 97.2 Å². The van der Waals surface area contributed by atoms with E-state index in [0.29, 0.717) is 19.3 Å². The van der Waals surface area contributed by atoms with E-state index in [1.807, 2.05) is 0 Å². The third kappa shape index (κ3) is 51.2. The first kappa shape index (κ1) is 61.3. The van der Waals surface area contributed by atoms with Gasteiger partial charge in [0.15, 0.2) is 6.10 Å². The molecular weight excluding hydrogens is 805 g/mol. The number of carbonyl (C=O) groups excluding carboxylic acids is 3. The first-order valence-corrected chi connectivity index (χ1v) is 26.7. The van der Waals surface area contributed by atoms with Crippen molar-refractivity contribution < 1.29 is 28.6 Å². The van der Waals surface area contributed by atoms with E-state index in [2.05, 4.69) is 118 Å². The Bertz CT molecular complexity index is 1310. The molecule has 0 radical (unpaired) electrons. The van der Waals surface area contributed by atoms with Crippen LogP contribution in [0.5, 0.6) is 0 Å². The van der Waals surface area contributed by atoms with Crippen molar-refractivity contribution in [2.75, 3.05) is 13.2 Å². The van der Waals surface area contributed by atoms with Crippen molar-refractivity contribution in [3.8, 4) is 0 Å². The molecule has 65 heavy (non-hydrogen) atoms. The Morgan fingerprint density at radius 2 is 0.600 bits per heavy atom. The van der Waals surface area contributed by atoms with Gasteiger partial charge in [0, 0.05) is 19.3 Å². The van der Waals surface area contributed by atoms with Crippen LogP contribution in [-0.2, 0) is 28.6 Å². The van der Waals surface area contributed by atoms with Crippen LogP contribution in [0.25, 0.3) is 0 Å². The molecule has 0 aromatic rings. The summed E-state index contributed by atoms with van der Waals surface area (Å²) >= 11 is 0. The average Bonchev–Trinajstić information content (AvgIpc) is 3.30. The van der Waals surface area contributed by atoms with Crippen LogP contribution in [0.1, 0.15) is 239 Å². The Balaban J connectivity index is 4.09. The molecule has 0 aromatic carbocycles. The van der Waals surface area contributed by atoms with E-state index in [-0.39, 0.29) is 31.1 Å². The number of hydrogen-bond acceptors (Lipinski definition) is 6. The average molecular weight is 903 g/mol. The van der Waals surface area contributed by atoms with Gasteiger partial charge < -0.3 is 14.2 Å². The molecule has 0 bridgehead atoms. The molecule has 0 aliphatic carbocycles. The van der Waals surface area contributed by atoms with Crippen LogP contribution < -0.4 is 0 Å². The second kappa shape index (κ2) is 52.9. The van der Waals surface area contributed by atoms with Gasteiger partial charge in [-0.1, -0.05) is 234 Å². The Labute approximate surface area is 400 Å². The van der Waals surface area contributed by atoms with Gasteiger partial charge in [-0.2, -0.15) is 0 Å². The molecule has 0 aliphatic heterocycles. The molecular formula is C59H98O6. The van der Waals surface area contributed by atoms with E-state index >= 15 is 0 Å². The minimum atomic E-state index is -0.776. The molecule has 370 valence electrons. The monoisotopic (exact) mass is 903 g/mol. The van der Waals surface area contributed by atoms with Crippen molar-refractivity contribution >= 4 is 17.9 Å². The summed E-state index contributed by atoms with van der Waals surface area (Å²) in [5, 5.41) is 0. The van der Waals surface area contributed by atoms with E-state index in [1.54, 1.807) is 0 Å². The Hall–Kier alpha value is -3.67. The summed E-state index contributed by atoms with van der Waals surface area (Å²) in [7, 11) is 0. The smallest absolute Gasteiger partial charge is 0.306 e. The number of esters is 3. The standard InChI is InChI=1S/C59H98O6/c1-4-7-10-13-15-17-19-20-21-22-23-24-25-26-27-28-29-30-31-32-33-34-35-36-37-38-40-41-43-46-49-52-58(61)64-55-56(54-63-57(60)51-48-45-12-9-6-3)65-59(62)53-50-47-44-42-39-18-16-14-11-8-5-2/h7,10,15,17,20-21,23-24,26-27,29-30,32-33,35-36,56H,4-6,8-9,11-14,16,18-19,22,25,28,31,34,37-55H2,1-3H3/b10-7-,17-15-,21-20-,24-23-,27-26-,30-29-,33-32-,36-35-. The Morgan fingerprint density at radius 1 is 0.323 bits per heavy atom. The van der Waals surface area contributed by atoms with Crippen molar-refractivity contribution in [3.05, 3.63) is 97.2 Å². The lowest BCUT2D eigenvalue weighted by molar-refractivity contribution is -0.167. The van der Waals surface area contributed by atoms with Crippen molar-refractivity contribution in [2.45, 2.75) is 245 Å². The van der Waals surface area contributed by atoms with Crippen molar-refractivity contribution in [2.24, 2.45) is 0 Å². The lowest BCUT2D eigenvalue weighted by Crippen LogP contribution is -2.30. The second-order valence-corrected chi connectivity index (χ2v) is 17.4. The lowest BCUT2D eigenvalue weighted by atomic mass is 10.1. The maximum atomic E-state index is 12.7. The van der Waals surface area contributed by atoms with Gasteiger partial charge in [0.2, 0.25) is 0 Å². The fraction of sp³-hybridized carbons (Fsp3) is 0.678. The number of unbranched alkanes of at least 4 members (excludes halogenated alkanes) is 20. The summed E-state index contributed by atoms with van der Waals surface area (Å²) in [5.74, 6) is -0.913. The zero-order valence-electron chi connectivity index (χ0n) is 42.2. The minimum absolute atomic E-state index is 0.0813. The maximum absolute atomic E-state index is 12.7. The molecule has 0 spiro atoms. The van der Waals surface area contributed by atoms with E-state index in [9.17, 15) is 14.4 Å². The number of rotatable bonds is 47. The van der Waals surface area contributed by atoms with E-state index < -0.39 is 6.10 Å². The molecule has 0 amide bonds. The van der Waals surface area contributed by atoms with E-state index in [4.69, 9.17) is 14.2 Å². The largest absolute Gasteiger partial charge is 0.462 e. The van der Waals surface area contributed by atoms with E-state index in [1.165, 1.54) is 70.6 Å². The minimum Gasteiger partial charge on any atom is -0.462 e. The molecule has 0 rings (SSSR count). The summed E-state index contributed by atoms with van der Waals surface area (Å²) < 4.78 is 16.6. The molecule has 0 N–H and O–H groups in total. The Kier molecular flexibility index (Phi) is 50.0. The lowest BCUT2D eigenvalue weighted by Gasteiger charge is -2.18. The highest BCUT2D eigenvalue weighted by Gasteiger charge is 2.19. The SMILES string of the molecule is CC/C=C\C/C=C\C/C=C\C/C=C\C/C=C\C/C=C\C/C=C\C/C=C\CCCCCCCCC(=O)OCC(COC(=O)CCCCCCC)OC(=O)CCCCCCCCCCCCC. The molecule has 1 unspecified atom stereocenters. The second-order valence-electron chi connectivity index (χ2n) is 17.4. The molecule has 6 nitrogen and oxygen atoms in total. The fourth-order valence-corrected chi connectivity index (χ4v) is 7.10. The quantitative estimate of drug-likeness (QED) is 0.0262. The molecule has 0 saturated heterocycles. The van der Waals surface area contributed by atoms with Crippen molar-refractivity contribution in [1.29, 1.82) is 0 Å². The highest BCUT2D eigenvalue weighted by Crippen LogP contribution is 2.14. The topological polar surface area (TPSA) is 78.9 Å². The first-order chi connectivity index (χ1) is 32.0. The summed E-state index contributed by atoms with van der Waals surface area (Å²) in [4.78, 5) is 37.6. The van der Waals surface area contributed by atoms with Crippen LogP contribution in [0, 0.1) is 0 Å². The maximum Gasteiger partial charge on any atom is 0.306 e. The van der Waals surface area contributed by atoms with Gasteiger partial charge in [-0.3, -0.25) is 14.4 Å². The van der Waals surface area contributed by atoms with Gasteiger partial charge in [-0.15, -0.1) is 0 Å². The third-order valence-corrected chi connectivity index (χ3v) is 11.1. The predicted octanol–water partition coefficient (Wildman–Crippen LogP) is 17.8. The molecule has 0 aliphatic rings. The van der Waals surface area contributed by atoms with Crippen LogP contribution >= 0.6 is 0 Å². The number of hydrogen-bond donors (Lipinski definition) is 0. The van der Waals surface area contributed by atoms with Crippen LogP contribution in [0.2, 0.25) is 0 Å². The zero-order valence-corrected chi connectivity index (χ0v) is 42.2. The molecule has 0 fully saturated rings. The summed E-state index contributed by atoms with van der Waals surface area (Å²) in [5.41, 5.74) is 0. The third-order valence-electron chi connectivity index (χ3n) is 11.1. The Morgan fingerprint density at radius 3 is 0.938 bits per heavy atom. The molecule has 0 aromatic heterocycles. The van der Waals surface area contributed by atoms with Gasteiger partial charge in [-0.05, 0) is 83.5 Å². The number of allylic oxidation sites excluding steroid dienone is 16. The number of carbonyl (C=O) groups is 3. The molecule has 6 heteroatoms. The van der Waals surface area contributed by atoms with Crippen LogP contribution in [0.4, 0.5) is 0 Å². The first-order valence-electron chi connectivity index (χ1n) is 26.7. The van der Waals surface area contributed by atoms with Gasteiger partial charge in [0.1, 0.15) is 13.2 Å². The molecule has 0 saturated carbocycles. The van der Waals surface area contributed by atoms with Crippen LogP contribution in [0.3, 0.4) is 0 Å². The van der Waals surface area contributed by atoms with Crippen molar-refractivity contribution in [1.82, 2.24) is 0 Å². The molecule has 1 atom stereocenters. The predicted molar refractivity (Wildman–Crippen MR) is 279 cm³/mol. The normalized spacial score (nSPS) is 12.8. The highest BCUT2D eigenvalue weighted by molar-refractivity contribution is 5.71. The fourth-order valence-electron chi connectivity index (χ4n) is 7.10. The van der Waals surface area contributed by atoms with Gasteiger partial charge in [0.05, 0.1) is 0 Å². The van der Waals surface area contributed by atoms with Gasteiger partial charge in [0.25, 0.3) is 0 Å². The van der Waals surface area contributed by atoms with Gasteiger partial charge in [-0.25, -0.2) is 0 Å². The van der Waals surface area contributed by atoms with Crippen LogP contribution in [-0.4, -0.2) is 37.2 Å². The van der Waals surface area contributed by atoms with E-state index in [0.717, 1.165) is 128 Å². The highest BCUT2D eigenvalue weighted by atomic mass is 16.6. The van der Waals surface area contributed by atoms with Gasteiger partial charge >= 0.3 is 17.9 Å². The summed E-state index contributed by atoms with van der Waals surface area (Å²) in [6.07, 6.45) is 70.1. The summed E-state index contributed by atoms with van der Waals surface area (Å²) in [6.45, 7) is 6.41. The number of ether oxygens (including phenoxy) is 3. The van der Waals surface area contributed by atoms with Crippen molar-refractivity contribution in [3.63, 3.8) is 0 Å². The summed E-state index contributed by atoms with van der Waals surface area (Å²) in [6, 6.07) is 0. The molecule has 0 heterocycles.